The van der Waals surface area contributed by atoms with Gasteiger partial charge in [-0.15, -0.1) is 0 Å². The number of carbonyl (C=O) groups is 1. The molecule has 2 heterocycles. The number of fused-ring (bicyclic) bond motifs is 3. The van der Waals surface area contributed by atoms with Crippen LogP contribution in [-0.2, 0) is 11.3 Å². The molecule has 5 rings (SSSR count). The molecule has 1 unspecified atom stereocenters. The van der Waals surface area contributed by atoms with Crippen molar-refractivity contribution in [3.63, 3.8) is 0 Å². The summed E-state index contributed by atoms with van der Waals surface area (Å²) < 4.78 is 2.24. The molecule has 158 valence electrons. The fourth-order valence-corrected chi connectivity index (χ4v) is 4.60. The van der Waals surface area contributed by atoms with Gasteiger partial charge in [0.25, 0.3) is 0 Å². The fourth-order valence-electron chi connectivity index (χ4n) is 4.60. The quantitative estimate of drug-likeness (QED) is 0.631. The molecule has 3 aromatic rings. The maximum atomic E-state index is 12.0. The molecular weight excluding hydrogens is 376 g/mol. The second-order valence-electron chi connectivity index (χ2n) is 8.72. The van der Waals surface area contributed by atoms with E-state index < -0.39 is 6.10 Å². The van der Waals surface area contributed by atoms with Gasteiger partial charge in [-0.05, 0) is 25.0 Å². The highest BCUT2D eigenvalue weighted by Gasteiger charge is 2.26. The number of rotatable bonds is 7. The van der Waals surface area contributed by atoms with Gasteiger partial charge >= 0.3 is 0 Å². The number of aliphatic hydroxyl groups is 1. The zero-order valence-corrected chi connectivity index (χ0v) is 17.3. The molecule has 1 atom stereocenters. The number of amides is 1. The average Bonchev–Trinajstić information content (AvgIpc) is 3.52. The van der Waals surface area contributed by atoms with Gasteiger partial charge in [-0.2, -0.15) is 0 Å². The third-order valence-corrected chi connectivity index (χ3v) is 6.32. The first-order valence-electron chi connectivity index (χ1n) is 11.1. The van der Waals surface area contributed by atoms with Crippen molar-refractivity contribution >= 4 is 27.7 Å². The van der Waals surface area contributed by atoms with Crippen molar-refractivity contribution in [1.29, 1.82) is 0 Å². The summed E-state index contributed by atoms with van der Waals surface area (Å²) in [5, 5.41) is 16.4. The molecule has 2 N–H and O–H groups in total. The Kier molecular flexibility index (Phi) is 5.46. The SMILES string of the molecule is O=C(CN1CCN(CC(O)Cn2c3ccccc3c3ccccc32)CC1)NC1CC1. The van der Waals surface area contributed by atoms with E-state index in [9.17, 15) is 9.90 Å². The predicted octanol–water partition coefficient (Wildman–Crippen LogP) is 2.05. The van der Waals surface area contributed by atoms with Crippen molar-refractivity contribution in [2.45, 2.75) is 31.5 Å². The van der Waals surface area contributed by atoms with Crippen molar-refractivity contribution in [1.82, 2.24) is 19.7 Å². The highest BCUT2D eigenvalue weighted by atomic mass is 16.3. The third-order valence-electron chi connectivity index (χ3n) is 6.32. The lowest BCUT2D eigenvalue weighted by Crippen LogP contribution is -2.51. The zero-order chi connectivity index (χ0) is 20.5. The number of piperazine rings is 1. The Morgan fingerprint density at radius 2 is 1.47 bits per heavy atom. The normalized spacial score (nSPS) is 19.4. The smallest absolute Gasteiger partial charge is 0.234 e. The van der Waals surface area contributed by atoms with Gasteiger partial charge in [0, 0.05) is 60.6 Å². The van der Waals surface area contributed by atoms with Gasteiger partial charge in [0.15, 0.2) is 0 Å². The van der Waals surface area contributed by atoms with E-state index in [0.29, 0.717) is 25.7 Å². The molecule has 2 aromatic carbocycles. The second-order valence-corrected chi connectivity index (χ2v) is 8.72. The first-order valence-corrected chi connectivity index (χ1v) is 11.1. The number of benzene rings is 2. The molecule has 1 saturated carbocycles. The van der Waals surface area contributed by atoms with E-state index in [1.807, 2.05) is 0 Å². The summed E-state index contributed by atoms with van der Waals surface area (Å²) >= 11 is 0. The first-order chi connectivity index (χ1) is 14.7. The molecule has 1 aromatic heterocycles. The summed E-state index contributed by atoms with van der Waals surface area (Å²) in [5.41, 5.74) is 2.34. The van der Waals surface area contributed by atoms with Crippen molar-refractivity contribution in [3.05, 3.63) is 48.5 Å². The minimum absolute atomic E-state index is 0.150. The van der Waals surface area contributed by atoms with E-state index in [0.717, 1.165) is 39.0 Å². The Hall–Kier alpha value is -2.41. The van der Waals surface area contributed by atoms with E-state index in [4.69, 9.17) is 0 Å². The van der Waals surface area contributed by atoms with E-state index in [2.05, 4.69) is 68.2 Å². The van der Waals surface area contributed by atoms with E-state index in [1.165, 1.54) is 21.8 Å². The molecule has 6 heteroatoms. The van der Waals surface area contributed by atoms with E-state index in [-0.39, 0.29) is 5.91 Å². The number of hydrogen-bond donors (Lipinski definition) is 2. The molecule has 0 radical (unpaired) electrons. The number of β-amino-alcohol motifs (C(OH)–C–C–N with tert-alkyl or cyclic N) is 1. The van der Waals surface area contributed by atoms with Crippen LogP contribution in [0.15, 0.2) is 48.5 Å². The summed E-state index contributed by atoms with van der Waals surface area (Å²) in [5.74, 6) is 0.150. The number of aliphatic hydroxyl groups excluding tert-OH is 1. The van der Waals surface area contributed by atoms with Gasteiger partial charge in [-0.25, -0.2) is 0 Å². The van der Waals surface area contributed by atoms with Crippen LogP contribution in [0.5, 0.6) is 0 Å². The molecule has 30 heavy (non-hydrogen) atoms. The topological polar surface area (TPSA) is 60.7 Å². The van der Waals surface area contributed by atoms with Gasteiger partial charge in [0.2, 0.25) is 5.91 Å². The zero-order valence-electron chi connectivity index (χ0n) is 17.3. The summed E-state index contributed by atoms with van der Waals surface area (Å²) in [6, 6.07) is 17.2. The fraction of sp³-hybridized carbons (Fsp3) is 0.458. The molecule has 1 aliphatic carbocycles. The number of hydrogen-bond acceptors (Lipinski definition) is 4. The highest BCUT2D eigenvalue weighted by Crippen LogP contribution is 2.29. The molecular formula is C24H30N4O2. The number of aromatic nitrogens is 1. The van der Waals surface area contributed by atoms with Crippen molar-refractivity contribution in [2.75, 3.05) is 39.3 Å². The number of nitrogens with one attached hydrogen (secondary N) is 1. The number of carbonyl (C=O) groups excluding carboxylic acids is 1. The Morgan fingerprint density at radius 3 is 2.07 bits per heavy atom. The minimum Gasteiger partial charge on any atom is -0.390 e. The van der Waals surface area contributed by atoms with Crippen molar-refractivity contribution < 1.29 is 9.90 Å². The lowest BCUT2D eigenvalue weighted by molar-refractivity contribution is -0.122. The maximum Gasteiger partial charge on any atom is 0.234 e. The van der Waals surface area contributed by atoms with Gasteiger partial charge in [-0.1, -0.05) is 36.4 Å². The van der Waals surface area contributed by atoms with Crippen LogP contribution in [0.1, 0.15) is 12.8 Å². The summed E-state index contributed by atoms with van der Waals surface area (Å²) in [4.78, 5) is 16.5. The molecule has 0 spiro atoms. The Bertz CT molecular complexity index is 981. The van der Waals surface area contributed by atoms with Crippen molar-refractivity contribution in [2.24, 2.45) is 0 Å². The van der Waals surface area contributed by atoms with Gasteiger partial charge in [-0.3, -0.25) is 14.6 Å². The minimum atomic E-state index is -0.436. The van der Waals surface area contributed by atoms with Crippen LogP contribution in [0.3, 0.4) is 0 Å². The van der Waals surface area contributed by atoms with Gasteiger partial charge < -0.3 is 15.0 Å². The van der Waals surface area contributed by atoms with E-state index in [1.54, 1.807) is 0 Å². The van der Waals surface area contributed by atoms with Crippen LogP contribution in [0.4, 0.5) is 0 Å². The number of para-hydroxylation sites is 2. The summed E-state index contributed by atoms with van der Waals surface area (Å²) in [6.07, 6.45) is 1.82. The molecule has 1 saturated heterocycles. The molecule has 1 aliphatic heterocycles. The van der Waals surface area contributed by atoms with Gasteiger partial charge in [0.05, 0.1) is 19.2 Å². The molecule has 2 aliphatic rings. The second kappa shape index (κ2) is 8.38. The maximum absolute atomic E-state index is 12.0. The highest BCUT2D eigenvalue weighted by molar-refractivity contribution is 6.07. The average molecular weight is 407 g/mol. The summed E-state index contributed by atoms with van der Waals surface area (Å²) in [7, 11) is 0. The largest absolute Gasteiger partial charge is 0.390 e. The Morgan fingerprint density at radius 1 is 0.900 bits per heavy atom. The molecule has 6 nitrogen and oxygen atoms in total. The third kappa shape index (κ3) is 4.21. The Labute approximate surface area is 177 Å². The van der Waals surface area contributed by atoms with Crippen LogP contribution >= 0.6 is 0 Å². The van der Waals surface area contributed by atoms with Crippen LogP contribution < -0.4 is 5.32 Å². The van der Waals surface area contributed by atoms with Crippen LogP contribution in [0.25, 0.3) is 21.8 Å². The predicted molar refractivity (Wildman–Crippen MR) is 119 cm³/mol. The van der Waals surface area contributed by atoms with E-state index >= 15 is 0 Å². The molecule has 1 amide bonds. The van der Waals surface area contributed by atoms with Crippen LogP contribution in [0.2, 0.25) is 0 Å². The first kappa shape index (κ1) is 19.5. The van der Waals surface area contributed by atoms with Crippen LogP contribution in [0, 0.1) is 0 Å². The molecule has 0 bridgehead atoms. The Balaban J connectivity index is 1.19. The van der Waals surface area contributed by atoms with Crippen LogP contribution in [-0.4, -0.2) is 76.8 Å². The number of nitrogens with zero attached hydrogens (tertiary/aromatic N) is 3. The van der Waals surface area contributed by atoms with Gasteiger partial charge in [0.1, 0.15) is 0 Å². The standard InChI is InChI=1S/C24H30N4O2/c29-19(15-26-11-13-27(14-12-26)17-24(30)25-18-9-10-18)16-28-22-7-3-1-5-20(22)21-6-2-4-8-23(21)28/h1-8,18-19,29H,9-17H2,(H,25,30). The lowest BCUT2D eigenvalue weighted by Gasteiger charge is -2.35. The summed E-state index contributed by atoms with van der Waals surface area (Å²) in [6.45, 7) is 5.26. The lowest BCUT2D eigenvalue weighted by atomic mass is 10.2. The molecule has 2 fully saturated rings. The monoisotopic (exact) mass is 406 g/mol. The van der Waals surface area contributed by atoms with Crippen molar-refractivity contribution in [3.8, 4) is 0 Å².